The van der Waals surface area contributed by atoms with Crippen LogP contribution in [0.4, 0.5) is 4.39 Å². The Morgan fingerprint density at radius 1 is 1.44 bits per heavy atom. The van der Waals surface area contributed by atoms with E-state index >= 15 is 0 Å². The van der Waals surface area contributed by atoms with Crippen LogP contribution in [0.2, 0.25) is 0 Å². The van der Waals surface area contributed by atoms with Gasteiger partial charge in [0.1, 0.15) is 5.82 Å². The lowest BCUT2D eigenvalue weighted by Crippen LogP contribution is -2.29. The Hall–Kier alpha value is -1.26. The number of aryl methyl sites for hydroxylation is 1. The highest BCUT2D eigenvalue weighted by Gasteiger charge is 2.14. The molecule has 4 heteroatoms. The Kier molecular flexibility index (Phi) is 5.95. The Morgan fingerprint density at radius 3 is 2.56 bits per heavy atom. The van der Waals surface area contributed by atoms with E-state index in [0.717, 1.165) is 11.6 Å². The second-order valence-corrected chi connectivity index (χ2v) is 4.75. The summed E-state index contributed by atoms with van der Waals surface area (Å²) >= 11 is 0. The van der Waals surface area contributed by atoms with Gasteiger partial charge in [-0.05, 0) is 46.1 Å². The van der Waals surface area contributed by atoms with E-state index in [0.29, 0.717) is 6.29 Å². The van der Waals surface area contributed by atoms with Gasteiger partial charge in [0.15, 0.2) is 6.29 Å². The molecule has 1 aliphatic rings. The first kappa shape index (κ1) is 14.8. The zero-order chi connectivity index (χ0) is 13.5. The second-order valence-electron chi connectivity index (χ2n) is 4.75. The molecule has 0 radical (unpaired) electrons. The standard InChI is InChI=1S/C8H7FO.C6H14N2/c1-6-2-3-8(9)7(4-6)5-10;1-8(2)6-3-4-7-5-6/h2-5H,1H3;6-7H,3-5H2,1-2H3/t;6-/m.0/s1. The minimum absolute atomic E-state index is 0.125. The van der Waals surface area contributed by atoms with Gasteiger partial charge in [-0.2, -0.15) is 0 Å². The molecule has 100 valence electrons. The highest BCUT2D eigenvalue weighted by molar-refractivity contribution is 5.75. The fraction of sp³-hybridized carbons (Fsp3) is 0.500. The van der Waals surface area contributed by atoms with E-state index in [1.165, 1.54) is 31.6 Å². The van der Waals surface area contributed by atoms with Crippen LogP contribution in [0.15, 0.2) is 18.2 Å². The number of hydrogen-bond donors (Lipinski definition) is 1. The van der Waals surface area contributed by atoms with Crippen LogP contribution in [-0.4, -0.2) is 44.4 Å². The van der Waals surface area contributed by atoms with E-state index in [9.17, 15) is 9.18 Å². The fourth-order valence-corrected chi connectivity index (χ4v) is 1.83. The van der Waals surface area contributed by atoms with Crippen molar-refractivity contribution in [1.29, 1.82) is 0 Å². The summed E-state index contributed by atoms with van der Waals surface area (Å²) in [7, 11) is 4.27. The van der Waals surface area contributed by atoms with E-state index in [-0.39, 0.29) is 5.56 Å². The van der Waals surface area contributed by atoms with Gasteiger partial charge in [0, 0.05) is 12.6 Å². The van der Waals surface area contributed by atoms with E-state index in [2.05, 4.69) is 24.3 Å². The number of nitrogens with zero attached hydrogens (tertiary/aromatic N) is 1. The Bertz CT molecular complexity index is 387. The fourth-order valence-electron chi connectivity index (χ4n) is 1.83. The van der Waals surface area contributed by atoms with Crippen LogP contribution in [0.3, 0.4) is 0 Å². The number of likely N-dealkylation sites (N-methyl/N-ethyl adjacent to an activating group) is 1. The third-order valence-electron chi connectivity index (χ3n) is 3.04. The predicted octanol–water partition coefficient (Wildman–Crippen LogP) is 1.86. The van der Waals surface area contributed by atoms with E-state index < -0.39 is 5.82 Å². The number of benzene rings is 1. The molecule has 3 nitrogen and oxygen atoms in total. The molecule has 1 heterocycles. The van der Waals surface area contributed by atoms with Crippen LogP contribution in [0.1, 0.15) is 22.3 Å². The summed E-state index contributed by atoms with van der Waals surface area (Å²) in [5.41, 5.74) is 1.02. The monoisotopic (exact) mass is 252 g/mol. The van der Waals surface area contributed by atoms with Crippen molar-refractivity contribution in [3.63, 3.8) is 0 Å². The van der Waals surface area contributed by atoms with Crippen molar-refractivity contribution in [1.82, 2.24) is 10.2 Å². The topological polar surface area (TPSA) is 32.3 Å². The van der Waals surface area contributed by atoms with Crippen LogP contribution in [0.25, 0.3) is 0 Å². The summed E-state index contributed by atoms with van der Waals surface area (Å²) in [6.45, 7) is 4.18. The molecule has 0 aromatic heterocycles. The maximum absolute atomic E-state index is 12.5. The summed E-state index contributed by atoms with van der Waals surface area (Å²) in [6.07, 6.45) is 1.83. The summed E-state index contributed by atoms with van der Waals surface area (Å²) in [5, 5.41) is 3.31. The molecule has 0 aliphatic carbocycles. The van der Waals surface area contributed by atoms with Gasteiger partial charge in [-0.15, -0.1) is 0 Å². The number of aldehydes is 1. The molecule has 2 rings (SSSR count). The lowest BCUT2D eigenvalue weighted by Gasteiger charge is -2.16. The van der Waals surface area contributed by atoms with Crippen molar-refractivity contribution < 1.29 is 9.18 Å². The molecule has 0 unspecified atom stereocenters. The van der Waals surface area contributed by atoms with Gasteiger partial charge in [-0.1, -0.05) is 11.6 Å². The average Bonchev–Trinajstić information content (AvgIpc) is 2.87. The summed E-state index contributed by atoms with van der Waals surface area (Å²) in [6, 6.07) is 5.22. The number of carbonyl (C=O) groups is 1. The van der Waals surface area contributed by atoms with Crippen LogP contribution in [-0.2, 0) is 0 Å². The quantitative estimate of drug-likeness (QED) is 0.815. The molecule has 18 heavy (non-hydrogen) atoms. The number of halogens is 1. The second kappa shape index (κ2) is 7.24. The zero-order valence-corrected chi connectivity index (χ0v) is 11.2. The van der Waals surface area contributed by atoms with Crippen molar-refractivity contribution in [3.05, 3.63) is 35.1 Å². The Balaban J connectivity index is 0.000000184. The van der Waals surface area contributed by atoms with Gasteiger partial charge in [-0.3, -0.25) is 4.79 Å². The first-order chi connectivity index (χ1) is 8.54. The minimum Gasteiger partial charge on any atom is -0.315 e. The van der Waals surface area contributed by atoms with Crippen molar-refractivity contribution in [3.8, 4) is 0 Å². The summed E-state index contributed by atoms with van der Waals surface area (Å²) in [5.74, 6) is -0.458. The zero-order valence-electron chi connectivity index (χ0n) is 11.2. The number of nitrogens with one attached hydrogen (secondary N) is 1. The molecule has 0 bridgehead atoms. The molecule has 0 amide bonds. The maximum atomic E-state index is 12.5. The molecule has 1 atom stereocenters. The summed E-state index contributed by atoms with van der Waals surface area (Å²) in [4.78, 5) is 12.4. The molecule has 0 saturated carbocycles. The number of rotatable bonds is 2. The number of carbonyl (C=O) groups excluding carboxylic acids is 1. The minimum atomic E-state index is -0.458. The van der Waals surface area contributed by atoms with Crippen molar-refractivity contribution in [2.45, 2.75) is 19.4 Å². The van der Waals surface area contributed by atoms with E-state index in [1.54, 1.807) is 6.07 Å². The molecule has 1 aromatic rings. The van der Waals surface area contributed by atoms with Gasteiger partial charge < -0.3 is 10.2 Å². The van der Waals surface area contributed by atoms with Gasteiger partial charge in [-0.25, -0.2) is 4.39 Å². The summed E-state index contributed by atoms with van der Waals surface area (Å²) < 4.78 is 12.5. The Morgan fingerprint density at radius 2 is 2.17 bits per heavy atom. The first-order valence-electron chi connectivity index (χ1n) is 6.13. The van der Waals surface area contributed by atoms with Gasteiger partial charge in [0.2, 0.25) is 0 Å². The molecule has 1 saturated heterocycles. The highest BCUT2D eigenvalue weighted by Crippen LogP contribution is 2.06. The molecule has 1 fully saturated rings. The lowest BCUT2D eigenvalue weighted by molar-refractivity contribution is 0.111. The van der Waals surface area contributed by atoms with Gasteiger partial charge in [0.25, 0.3) is 0 Å². The van der Waals surface area contributed by atoms with Crippen LogP contribution in [0.5, 0.6) is 0 Å². The smallest absolute Gasteiger partial charge is 0.153 e. The lowest BCUT2D eigenvalue weighted by atomic mass is 10.1. The average molecular weight is 252 g/mol. The van der Waals surface area contributed by atoms with E-state index in [4.69, 9.17) is 0 Å². The molecular formula is C14H21FN2O. The molecular weight excluding hydrogens is 231 g/mol. The van der Waals surface area contributed by atoms with Gasteiger partial charge in [0.05, 0.1) is 5.56 Å². The molecule has 0 spiro atoms. The predicted molar refractivity (Wildman–Crippen MR) is 71.5 cm³/mol. The van der Waals surface area contributed by atoms with Crippen molar-refractivity contribution in [2.24, 2.45) is 0 Å². The third kappa shape index (κ3) is 4.55. The Labute approximate surface area is 108 Å². The molecule has 1 aliphatic heterocycles. The number of hydrogen-bond acceptors (Lipinski definition) is 3. The SMILES string of the molecule is CN(C)[C@H]1CCNC1.Cc1ccc(F)c(C=O)c1. The van der Waals surface area contributed by atoms with E-state index in [1.807, 2.05) is 6.92 Å². The van der Waals surface area contributed by atoms with Crippen LogP contribution in [0, 0.1) is 12.7 Å². The molecule has 1 N–H and O–H groups in total. The van der Waals surface area contributed by atoms with Crippen molar-refractivity contribution >= 4 is 6.29 Å². The molecule has 1 aromatic carbocycles. The van der Waals surface area contributed by atoms with Crippen molar-refractivity contribution in [2.75, 3.05) is 27.2 Å². The normalized spacial score (nSPS) is 18.4. The maximum Gasteiger partial charge on any atom is 0.153 e. The van der Waals surface area contributed by atoms with Crippen LogP contribution < -0.4 is 5.32 Å². The van der Waals surface area contributed by atoms with Crippen LogP contribution >= 0.6 is 0 Å². The largest absolute Gasteiger partial charge is 0.315 e. The third-order valence-corrected chi connectivity index (χ3v) is 3.04. The van der Waals surface area contributed by atoms with Gasteiger partial charge >= 0.3 is 0 Å². The first-order valence-corrected chi connectivity index (χ1v) is 6.13. The highest BCUT2D eigenvalue weighted by atomic mass is 19.1.